The molecule has 1 heterocycles. The second-order valence-corrected chi connectivity index (χ2v) is 4.79. The van der Waals surface area contributed by atoms with Gasteiger partial charge in [0.25, 0.3) is 0 Å². The quantitative estimate of drug-likeness (QED) is 0.869. The predicted octanol–water partition coefficient (Wildman–Crippen LogP) is 2.26. The fraction of sp³-hybridized carbons (Fsp3) is 0.500. The molecule has 1 aliphatic heterocycles. The van der Waals surface area contributed by atoms with Gasteiger partial charge < -0.3 is 10.6 Å². The van der Waals surface area contributed by atoms with Gasteiger partial charge in [-0.2, -0.15) is 0 Å². The van der Waals surface area contributed by atoms with E-state index in [2.05, 4.69) is 24.8 Å². The van der Waals surface area contributed by atoms with Crippen molar-refractivity contribution in [3.63, 3.8) is 0 Å². The SMILES string of the molecule is CCCN1c2ccccc2[C@@H](C(N)=O)C[C@H]1C. The lowest BCUT2D eigenvalue weighted by molar-refractivity contribution is -0.119. The Morgan fingerprint density at radius 1 is 1.47 bits per heavy atom. The van der Waals surface area contributed by atoms with Crippen LogP contribution in [0.5, 0.6) is 0 Å². The lowest BCUT2D eigenvalue weighted by Crippen LogP contribution is -2.42. The third-order valence-corrected chi connectivity index (χ3v) is 3.54. The fourth-order valence-corrected chi connectivity index (χ4v) is 2.73. The van der Waals surface area contributed by atoms with Crippen LogP contribution in [0.3, 0.4) is 0 Å². The van der Waals surface area contributed by atoms with Crippen molar-refractivity contribution >= 4 is 11.6 Å². The lowest BCUT2D eigenvalue weighted by Gasteiger charge is -2.39. The fourth-order valence-electron chi connectivity index (χ4n) is 2.73. The van der Waals surface area contributed by atoms with Crippen LogP contribution in [0.25, 0.3) is 0 Å². The normalized spacial score (nSPS) is 23.3. The Kier molecular flexibility index (Phi) is 3.36. The lowest BCUT2D eigenvalue weighted by atomic mass is 9.85. The number of para-hydroxylation sites is 1. The van der Waals surface area contributed by atoms with Gasteiger partial charge in [-0.3, -0.25) is 4.79 Å². The Hall–Kier alpha value is -1.51. The Balaban J connectivity index is 2.43. The van der Waals surface area contributed by atoms with Crippen LogP contribution in [-0.2, 0) is 4.79 Å². The zero-order valence-electron chi connectivity index (χ0n) is 10.5. The average Bonchev–Trinajstić information content (AvgIpc) is 2.32. The summed E-state index contributed by atoms with van der Waals surface area (Å²) in [6.07, 6.45) is 1.94. The van der Waals surface area contributed by atoms with Crippen LogP contribution in [0.2, 0.25) is 0 Å². The number of carbonyl (C=O) groups is 1. The summed E-state index contributed by atoms with van der Waals surface area (Å²) in [7, 11) is 0. The van der Waals surface area contributed by atoms with Gasteiger partial charge in [-0.05, 0) is 31.4 Å². The molecule has 2 rings (SSSR count). The third-order valence-electron chi connectivity index (χ3n) is 3.54. The Labute approximate surface area is 103 Å². The van der Waals surface area contributed by atoms with Gasteiger partial charge in [-0.15, -0.1) is 0 Å². The molecule has 0 bridgehead atoms. The molecule has 17 heavy (non-hydrogen) atoms. The first-order valence-electron chi connectivity index (χ1n) is 6.30. The molecule has 2 N–H and O–H groups in total. The topological polar surface area (TPSA) is 46.3 Å². The van der Waals surface area contributed by atoms with Crippen LogP contribution in [0.4, 0.5) is 5.69 Å². The van der Waals surface area contributed by atoms with Crippen molar-refractivity contribution in [2.24, 2.45) is 5.73 Å². The maximum Gasteiger partial charge on any atom is 0.225 e. The number of benzene rings is 1. The number of nitrogens with two attached hydrogens (primary N) is 1. The van der Waals surface area contributed by atoms with Gasteiger partial charge in [0.1, 0.15) is 0 Å². The maximum absolute atomic E-state index is 11.5. The molecular weight excluding hydrogens is 212 g/mol. The molecule has 0 saturated heterocycles. The van der Waals surface area contributed by atoms with Crippen molar-refractivity contribution in [1.29, 1.82) is 0 Å². The highest BCUT2D eigenvalue weighted by Crippen LogP contribution is 2.38. The van der Waals surface area contributed by atoms with Crippen LogP contribution in [-0.4, -0.2) is 18.5 Å². The molecule has 1 aromatic rings. The van der Waals surface area contributed by atoms with E-state index in [1.54, 1.807) is 0 Å². The molecular formula is C14H20N2O. The molecule has 0 radical (unpaired) electrons. The van der Waals surface area contributed by atoms with Crippen molar-refractivity contribution in [2.75, 3.05) is 11.4 Å². The van der Waals surface area contributed by atoms with Gasteiger partial charge >= 0.3 is 0 Å². The number of anilines is 1. The largest absolute Gasteiger partial charge is 0.369 e. The van der Waals surface area contributed by atoms with E-state index < -0.39 is 0 Å². The van der Waals surface area contributed by atoms with Gasteiger partial charge in [-0.25, -0.2) is 0 Å². The second kappa shape index (κ2) is 4.78. The summed E-state index contributed by atoms with van der Waals surface area (Å²) in [5.41, 5.74) is 7.77. The molecule has 0 unspecified atom stereocenters. The maximum atomic E-state index is 11.5. The van der Waals surface area contributed by atoms with Crippen LogP contribution in [0.15, 0.2) is 24.3 Å². The molecule has 1 amide bonds. The number of hydrogen-bond acceptors (Lipinski definition) is 2. The summed E-state index contributed by atoms with van der Waals surface area (Å²) in [6, 6.07) is 8.50. The van der Waals surface area contributed by atoms with Gasteiger partial charge in [-0.1, -0.05) is 25.1 Å². The van der Waals surface area contributed by atoms with Crippen LogP contribution in [0.1, 0.15) is 38.2 Å². The molecule has 0 aromatic heterocycles. The minimum Gasteiger partial charge on any atom is -0.369 e. The van der Waals surface area contributed by atoms with Crippen LogP contribution < -0.4 is 10.6 Å². The standard InChI is InChI=1S/C14H20N2O/c1-3-8-16-10(2)9-12(14(15)17)11-6-4-5-7-13(11)16/h4-7,10,12H,3,8-9H2,1-2H3,(H2,15,17)/t10-,12+/m1/s1. The van der Waals surface area contributed by atoms with E-state index in [1.807, 2.05) is 18.2 Å². The smallest absolute Gasteiger partial charge is 0.225 e. The van der Waals surface area contributed by atoms with Gasteiger partial charge in [0.05, 0.1) is 5.92 Å². The van der Waals surface area contributed by atoms with Gasteiger partial charge in [0.15, 0.2) is 0 Å². The number of amides is 1. The summed E-state index contributed by atoms with van der Waals surface area (Å²) in [4.78, 5) is 13.9. The first-order chi connectivity index (χ1) is 8.15. The summed E-state index contributed by atoms with van der Waals surface area (Å²) in [5, 5.41) is 0. The molecule has 0 aliphatic carbocycles. The Bertz CT molecular complexity index is 416. The molecule has 3 nitrogen and oxygen atoms in total. The Morgan fingerprint density at radius 3 is 2.82 bits per heavy atom. The number of rotatable bonds is 3. The predicted molar refractivity (Wildman–Crippen MR) is 70.1 cm³/mol. The number of primary amides is 1. The molecule has 0 saturated carbocycles. The van der Waals surface area contributed by atoms with E-state index in [1.165, 1.54) is 5.69 Å². The van der Waals surface area contributed by atoms with E-state index >= 15 is 0 Å². The molecule has 1 aromatic carbocycles. The molecule has 0 spiro atoms. The van der Waals surface area contributed by atoms with Gasteiger partial charge in [0, 0.05) is 18.3 Å². The monoisotopic (exact) mass is 232 g/mol. The first-order valence-corrected chi connectivity index (χ1v) is 6.30. The summed E-state index contributed by atoms with van der Waals surface area (Å²) in [6.45, 7) is 5.38. The molecule has 3 heteroatoms. The number of fused-ring (bicyclic) bond motifs is 1. The van der Waals surface area contributed by atoms with E-state index in [0.29, 0.717) is 6.04 Å². The van der Waals surface area contributed by atoms with E-state index in [9.17, 15) is 4.79 Å². The summed E-state index contributed by atoms with van der Waals surface area (Å²) in [5.74, 6) is -0.338. The highest BCUT2D eigenvalue weighted by molar-refractivity contribution is 5.85. The van der Waals surface area contributed by atoms with Crippen molar-refractivity contribution in [2.45, 2.75) is 38.6 Å². The summed E-state index contributed by atoms with van der Waals surface area (Å²) < 4.78 is 0. The number of carbonyl (C=O) groups excluding carboxylic acids is 1. The molecule has 92 valence electrons. The highest BCUT2D eigenvalue weighted by Gasteiger charge is 2.32. The zero-order chi connectivity index (χ0) is 12.4. The minimum absolute atomic E-state index is 0.130. The first kappa shape index (κ1) is 12.0. The van der Waals surface area contributed by atoms with Gasteiger partial charge in [0.2, 0.25) is 5.91 Å². The molecule has 2 atom stereocenters. The molecule has 0 fully saturated rings. The van der Waals surface area contributed by atoms with Crippen LogP contribution >= 0.6 is 0 Å². The summed E-state index contributed by atoms with van der Waals surface area (Å²) >= 11 is 0. The number of hydrogen-bond donors (Lipinski definition) is 1. The number of nitrogens with zero attached hydrogens (tertiary/aromatic N) is 1. The highest BCUT2D eigenvalue weighted by atomic mass is 16.1. The van der Waals surface area contributed by atoms with Crippen LogP contribution in [0, 0.1) is 0 Å². The van der Waals surface area contributed by atoms with Crippen molar-refractivity contribution in [3.05, 3.63) is 29.8 Å². The van der Waals surface area contributed by atoms with Crippen molar-refractivity contribution in [3.8, 4) is 0 Å². The van der Waals surface area contributed by atoms with Crippen molar-refractivity contribution in [1.82, 2.24) is 0 Å². The van der Waals surface area contributed by atoms with E-state index in [4.69, 9.17) is 5.73 Å². The average molecular weight is 232 g/mol. The van der Waals surface area contributed by atoms with E-state index in [0.717, 1.165) is 24.9 Å². The Morgan fingerprint density at radius 2 is 2.18 bits per heavy atom. The third kappa shape index (κ3) is 2.14. The van der Waals surface area contributed by atoms with Crippen molar-refractivity contribution < 1.29 is 4.79 Å². The minimum atomic E-state index is -0.208. The second-order valence-electron chi connectivity index (χ2n) is 4.79. The molecule has 1 aliphatic rings. The zero-order valence-corrected chi connectivity index (χ0v) is 10.5. The van der Waals surface area contributed by atoms with E-state index in [-0.39, 0.29) is 11.8 Å².